The van der Waals surface area contributed by atoms with Crippen molar-refractivity contribution in [2.45, 2.75) is 30.7 Å². The van der Waals surface area contributed by atoms with Gasteiger partial charge in [-0.3, -0.25) is 4.90 Å². The van der Waals surface area contributed by atoms with E-state index in [1.165, 1.54) is 0 Å². The third-order valence-electron chi connectivity index (χ3n) is 3.35. The van der Waals surface area contributed by atoms with Crippen molar-refractivity contribution in [2.75, 3.05) is 26.8 Å². The Morgan fingerprint density at radius 1 is 1.54 bits per heavy atom. The lowest BCUT2D eigenvalue weighted by Crippen LogP contribution is -2.41. The zero-order valence-corrected chi connectivity index (χ0v) is 7.87. The van der Waals surface area contributed by atoms with Crippen LogP contribution in [0.2, 0.25) is 0 Å². The molecule has 2 heterocycles. The predicted molar refractivity (Wildman–Crippen MR) is 46.3 cm³/mol. The summed E-state index contributed by atoms with van der Waals surface area (Å²) in [5.74, 6) is 0. The Morgan fingerprint density at radius 2 is 2.31 bits per heavy atom. The van der Waals surface area contributed by atoms with Crippen molar-refractivity contribution in [3.63, 3.8) is 0 Å². The van der Waals surface area contributed by atoms with Crippen LogP contribution in [-0.2, 0) is 4.74 Å². The first-order chi connectivity index (χ1) is 6.20. The highest BCUT2D eigenvalue weighted by Gasteiger charge is 2.51. The summed E-state index contributed by atoms with van der Waals surface area (Å²) < 4.78 is 18.3. The van der Waals surface area contributed by atoms with Crippen molar-refractivity contribution >= 4 is 0 Å². The molecular formula is C9H16FNO2. The number of hydrogen-bond acceptors (Lipinski definition) is 3. The molecule has 0 unspecified atom stereocenters. The van der Waals surface area contributed by atoms with Crippen molar-refractivity contribution in [3.05, 3.63) is 0 Å². The summed E-state index contributed by atoms with van der Waals surface area (Å²) in [6.45, 7) is 1.27. The van der Waals surface area contributed by atoms with E-state index in [4.69, 9.17) is 4.74 Å². The Kier molecular flexibility index (Phi) is 2.30. The molecule has 0 saturated carbocycles. The Hall–Kier alpha value is -0.190. The minimum atomic E-state index is -0.773. The number of aliphatic hydroxyl groups excluding tert-OH is 1. The van der Waals surface area contributed by atoms with Crippen LogP contribution in [0.5, 0.6) is 0 Å². The van der Waals surface area contributed by atoms with Crippen LogP contribution < -0.4 is 0 Å². The van der Waals surface area contributed by atoms with Gasteiger partial charge in [0.05, 0.1) is 12.7 Å². The third-order valence-corrected chi connectivity index (χ3v) is 3.35. The fourth-order valence-corrected chi connectivity index (χ4v) is 2.64. The Labute approximate surface area is 77.5 Å². The highest BCUT2D eigenvalue weighted by Crippen LogP contribution is 2.40. The van der Waals surface area contributed by atoms with Gasteiger partial charge in [-0.05, 0) is 6.42 Å². The number of ether oxygens (including phenoxy) is 1. The predicted octanol–water partition coefficient (Wildman–Crippen LogP) is 0.180. The Bertz CT molecular complexity index is 202. The van der Waals surface area contributed by atoms with Gasteiger partial charge in [-0.15, -0.1) is 0 Å². The van der Waals surface area contributed by atoms with Gasteiger partial charge in [0.25, 0.3) is 0 Å². The number of methoxy groups -OCH3 is 1. The number of hydrogen-bond donors (Lipinski definition) is 1. The summed E-state index contributed by atoms with van der Waals surface area (Å²) in [6.07, 6.45) is 0.619. The molecule has 0 spiro atoms. The first-order valence-electron chi connectivity index (χ1n) is 4.73. The molecule has 1 N–H and O–H groups in total. The SMILES string of the molecule is CO[C@@H]1CN2C[C@H](F)C[C@]2(CO)C1. The summed E-state index contributed by atoms with van der Waals surface area (Å²) in [6, 6.07) is 0. The summed E-state index contributed by atoms with van der Waals surface area (Å²) in [5, 5.41) is 9.29. The maximum Gasteiger partial charge on any atom is 0.115 e. The van der Waals surface area contributed by atoms with Crippen LogP contribution >= 0.6 is 0 Å². The minimum Gasteiger partial charge on any atom is -0.394 e. The lowest BCUT2D eigenvalue weighted by molar-refractivity contribution is 0.0923. The Morgan fingerprint density at radius 3 is 2.85 bits per heavy atom. The van der Waals surface area contributed by atoms with Crippen molar-refractivity contribution in [3.8, 4) is 0 Å². The van der Waals surface area contributed by atoms with E-state index in [9.17, 15) is 9.50 Å². The van der Waals surface area contributed by atoms with E-state index in [-0.39, 0.29) is 18.2 Å². The average molecular weight is 189 g/mol. The fraction of sp³-hybridized carbons (Fsp3) is 1.00. The normalized spacial score (nSPS) is 45.5. The summed E-state index contributed by atoms with van der Waals surface area (Å²) in [7, 11) is 1.67. The maximum atomic E-state index is 13.1. The smallest absolute Gasteiger partial charge is 0.115 e. The molecule has 0 aliphatic carbocycles. The number of rotatable bonds is 2. The van der Waals surface area contributed by atoms with Gasteiger partial charge in [-0.1, -0.05) is 0 Å². The van der Waals surface area contributed by atoms with Crippen LogP contribution in [0.25, 0.3) is 0 Å². The molecule has 2 rings (SSSR count). The summed E-state index contributed by atoms with van der Waals surface area (Å²) in [5.41, 5.74) is -0.319. The molecule has 2 fully saturated rings. The second kappa shape index (κ2) is 3.19. The Balaban J connectivity index is 2.10. The number of fused-ring (bicyclic) bond motifs is 1. The quantitative estimate of drug-likeness (QED) is 0.672. The van der Waals surface area contributed by atoms with Crippen molar-refractivity contribution in [1.82, 2.24) is 4.90 Å². The molecule has 2 aliphatic heterocycles. The van der Waals surface area contributed by atoms with Crippen molar-refractivity contribution in [1.29, 1.82) is 0 Å². The number of nitrogens with zero attached hydrogens (tertiary/aromatic N) is 1. The first kappa shape index (κ1) is 9.37. The second-order valence-electron chi connectivity index (χ2n) is 4.15. The third kappa shape index (κ3) is 1.37. The van der Waals surface area contributed by atoms with Gasteiger partial charge in [0.2, 0.25) is 0 Å². The van der Waals surface area contributed by atoms with E-state index in [2.05, 4.69) is 0 Å². The van der Waals surface area contributed by atoms with E-state index in [1.807, 2.05) is 4.90 Å². The van der Waals surface area contributed by atoms with E-state index >= 15 is 0 Å². The molecule has 0 aromatic carbocycles. The van der Waals surface area contributed by atoms with Crippen molar-refractivity contribution < 1.29 is 14.2 Å². The lowest BCUT2D eigenvalue weighted by Gasteiger charge is -2.28. The minimum absolute atomic E-state index is 0.0489. The van der Waals surface area contributed by atoms with Gasteiger partial charge in [-0.25, -0.2) is 4.39 Å². The van der Waals surface area contributed by atoms with E-state index in [1.54, 1.807) is 7.11 Å². The molecule has 13 heavy (non-hydrogen) atoms. The highest BCUT2D eigenvalue weighted by atomic mass is 19.1. The standard InChI is InChI=1S/C9H16FNO2/c1-13-8-3-9(6-12)2-7(10)4-11(9)5-8/h7-8,12H,2-6H2,1H3/t7-,8+,9-/m1/s1. The molecular weight excluding hydrogens is 173 g/mol. The molecule has 3 nitrogen and oxygen atoms in total. The zero-order chi connectivity index (χ0) is 9.47. The second-order valence-corrected chi connectivity index (χ2v) is 4.15. The van der Waals surface area contributed by atoms with Gasteiger partial charge < -0.3 is 9.84 Å². The monoisotopic (exact) mass is 189 g/mol. The lowest BCUT2D eigenvalue weighted by atomic mass is 9.94. The average Bonchev–Trinajstić information content (AvgIpc) is 2.57. The van der Waals surface area contributed by atoms with Gasteiger partial charge in [0, 0.05) is 32.2 Å². The van der Waals surface area contributed by atoms with Gasteiger partial charge in [0.15, 0.2) is 0 Å². The highest BCUT2D eigenvalue weighted by molar-refractivity contribution is 5.06. The molecule has 2 saturated heterocycles. The fourth-order valence-electron chi connectivity index (χ4n) is 2.64. The largest absolute Gasteiger partial charge is 0.394 e. The van der Waals surface area contributed by atoms with Crippen LogP contribution in [0.15, 0.2) is 0 Å². The molecule has 3 atom stereocenters. The van der Waals surface area contributed by atoms with Crippen LogP contribution in [0.1, 0.15) is 12.8 Å². The van der Waals surface area contributed by atoms with E-state index in [0.29, 0.717) is 13.0 Å². The molecule has 2 aliphatic rings. The molecule has 0 radical (unpaired) electrons. The maximum absolute atomic E-state index is 13.1. The molecule has 0 bridgehead atoms. The molecule has 76 valence electrons. The van der Waals surface area contributed by atoms with Gasteiger partial charge in [0.1, 0.15) is 6.17 Å². The van der Waals surface area contributed by atoms with Crippen LogP contribution in [0.3, 0.4) is 0 Å². The van der Waals surface area contributed by atoms with E-state index < -0.39 is 6.17 Å². The van der Waals surface area contributed by atoms with Crippen molar-refractivity contribution in [2.24, 2.45) is 0 Å². The summed E-state index contributed by atoms with van der Waals surface area (Å²) in [4.78, 5) is 2.03. The van der Waals surface area contributed by atoms with E-state index in [0.717, 1.165) is 13.0 Å². The van der Waals surface area contributed by atoms with Gasteiger partial charge in [-0.2, -0.15) is 0 Å². The first-order valence-corrected chi connectivity index (χ1v) is 4.73. The van der Waals surface area contributed by atoms with Crippen LogP contribution in [0, 0.1) is 0 Å². The van der Waals surface area contributed by atoms with Gasteiger partial charge >= 0.3 is 0 Å². The van der Waals surface area contributed by atoms with Crippen LogP contribution in [0.4, 0.5) is 4.39 Å². The topological polar surface area (TPSA) is 32.7 Å². The molecule has 0 aromatic rings. The zero-order valence-electron chi connectivity index (χ0n) is 7.87. The summed E-state index contributed by atoms with van der Waals surface area (Å²) >= 11 is 0. The number of alkyl halides is 1. The number of aliphatic hydroxyl groups is 1. The van der Waals surface area contributed by atoms with Crippen LogP contribution in [-0.4, -0.2) is 54.6 Å². The number of halogens is 1. The molecule has 0 amide bonds. The molecule has 0 aromatic heterocycles. The molecule has 4 heteroatoms.